The van der Waals surface area contributed by atoms with E-state index in [1.54, 1.807) is 18.4 Å². The number of likely N-dealkylation sites (tertiary alicyclic amines) is 1. The summed E-state index contributed by atoms with van der Waals surface area (Å²) in [6.45, 7) is 1.41. The van der Waals surface area contributed by atoms with Crippen LogP contribution < -0.4 is 5.32 Å². The third kappa shape index (κ3) is 3.98. The predicted molar refractivity (Wildman–Crippen MR) is 106 cm³/mol. The Morgan fingerprint density at radius 3 is 2.46 bits per heavy atom. The first-order valence-corrected chi connectivity index (χ1v) is 9.46. The molecule has 2 heterocycles. The summed E-state index contributed by atoms with van der Waals surface area (Å²) >= 11 is 0. The molecule has 1 atom stereocenters. The van der Waals surface area contributed by atoms with Gasteiger partial charge in [0.1, 0.15) is 11.8 Å². The summed E-state index contributed by atoms with van der Waals surface area (Å²) < 4.78 is 5.54. The Hall–Kier alpha value is -3.34. The Balaban J connectivity index is 1.48. The summed E-state index contributed by atoms with van der Waals surface area (Å²) in [6, 6.07) is 20.5. The Morgan fingerprint density at radius 1 is 1.04 bits per heavy atom. The summed E-state index contributed by atoms with van der Waals surface area (Å²) in [7, 11) is 0. The lowest BCUT2D eigenvalue weighted by atomic mass is 10.0. The van der Waals surface area contributed by atoms with Crippen LogP contribution in [0.2, 0.25) is 0 Å². The molecule has 5 nitrogen and oxygen atoms in total. The second kappa shape index (κ2) is 8.13. The fourth-order valence-corrected chi connectivity index (χ4v) is 3.49. The molecule has 1 aliphatic heterocycles. The van der Waals surface area contributed by atoms with E-state index in [2.05, 4.69) is 5.32 Å². The summed E-state index contributed by atoms with van der Waals surface area (Å²) in [4.78, 5) is 26.4. The zero-order chi connectivity index (χ0) is 19.3. The molecule has 0 aliphatic carbocycles. The lowest BCUT2D eigenvalue weighted by molar-refractivity contribution is -0.128. The van der Waals surface area contributed by atoms with E-state index in [4.69, 9.17) is 4.42 Å². The average Bonchev–Trinajstić information content (AvgIpc) is 3.40. The molecule has 2 aromatic carbocycles. The number of hydrogen-bond acceptors (Lipinski definition) is 3. The molecule has 0 bridgehead atoms. The molecule has 1 aliphatic rings. The summed E-state index contributed by atoms with van der Waals surface area (Å²) in [6.07, 6.45) is 3.16. The van der Waals surface area contributed by atoms with Gasteiger partial charge in [0.05, 0.1) is 6.26 Å². The molecule has 1 saturated heterocycles. The van der Waals surface area contributed by atoms with Gasteiger partial charge in [-0.25, -0.2) is 0 Å². The van der Waals surface area contributed by atoms with Gasteiger partial charge in [-0.05, 0) is 41.8 Å². The summed E-state index contributed by atoms with van der Waals surface area (Å²) in [5, 5.41) is 3.05. The monoisotopic (exact) mass is 374 g/mol. The van der Waals surface area contributed by atoms with E-state index in [9.17, 15) is 9.59 Å². The number of hydrogen-bond donors (Lipinski definition) is 1. The predicted octanol–water partition coefficient (Wildman–Crippen LogP) is 3.92. The van der Waals surface area contributed by atoms with Crippen LogP contribution in [0.1, 0.15) is 46.1 Å². The molecule has 0 spiro atoms. The molecule has 1 aromatic heterocycles. The highest BCUT2D eigenvalue weighted by Gasteiger charge is 2.21. The van der Waals surface area contributed by atoms with Crippen LogP contribution in [0.3, 0.4) is 0 Å². The van der Waals surface area contributed by atoms with Crippen molar-refractivity contribution in [1.29, 1.82) is 0 Å². The van der Waals surface area contributed by atoms with Crippen molar-refractivity contribution < 1.29 is 14.0 Å². The number of carbonyl (C=O) groups is 2. The minimum atomic E-state index is -0.356. The van der Waals surface area contributed by atoms with Crippen molar-refractivity contribution >= 4 is 11.8 Å². The van der Waals surface area contributed by atoms with Crippen LogP contribution in [0.25, 0.3) is 0 Å². The Kier molecular flexibility index (Phi) is 5.24. The number of amides is 2. The largest absolute Gasteiger partial charge is 0.467 e. The minimum absolute atomic E-state index is 0.172. The van der Waals surface area contributed by atoms with Gasteiger partial charge in [0, 0.05) is 25.1 Å². The highest BCUT2D eigenvalue weighted by Crippen LogP contribution is 2.23. The summed E-state index contributed by atoms with van der Waals surface area (Å²) in [5.41, 5.74) is 2.55. The van der Waals surface area contributed by atoms with E-state index in [-0.39, 0.29) is 17.9 Å². The van der Waals surface area contributed by atoms with Gasteiger partial charge >= 0.3 is 0 Å². The van der Waals surface area contributed by atoms with Gasteiger partial charge in [0.2, 0.25) is 5.91 Å². The van der Waals surface area contributed by atoms with Crippen LogP contribution in [0.4, 0.5) is 0 Å². The number of nitrogens with zero attached hydrogens (tertiary/aromatic N) is 1. The van der Waals surface area contributed by atoms with Gasteiger partial charge in [-0.1, -0.05) is 42.5 Å². The van der Waals surface area contributed by atoms with Crippen LogP contribution in [-0.2, 0) is 11.3 Å². The van der Waals surface area contributed by atoms with Crippen LogP contribution in [-0.4, -0.2) is 23.3 Å². The fourth-order valence-electron chi connectivity index (χ4n) is 3.49. The zero-order valence-electron chi connectivity index (χ0n) is 15.5. The van der Waals surface area contributed by atoms with Crippen molar-refractivity contribution in [2.75, 3.05) is 6.54 Å². The quantitative estimate of drug-likeness (QED) is 0.711. The van der Waals surface area contributed by atoms with E-state index in [1.165, 1.54) is 0 Å². The minimum Gasteiger partial charge on any atom is -0.467 e. The van der Waals surface area contributed by atoms with Crippen molar-refractivity contribution in [3.8, 4) is 0 Å². The van der Waals surface area contributed by atoms with E-state index in [1.807, 2.05) is 59.5 Å². The van der Waals surface area contributed by atoms with Crippen LogP contribution in [0, 0.1) is 0 Å². The Bertz CT molecular complexity index is 934. The molecule has 5 heteroatoms. The molecular weight excluding hydrogens is 352 g/mol. The normalized spacial score (nSPS) is 14.9. The first-order chi connectivity index (χ1) is 13.7. The topological polar surface area (TPSA) is 62.6 Å². The SMILES string of the molecule is O=C(NC(c1ccccc1)c1ccco1)c1ccc(CN2CCCC2=O)cc1. The van der Waals surface area contributed by atoms with E-state index < -0.39 is 0 Å². The molecule has 28 heavy (non-hydrogen) atoms. The van der Waals surface area contributed by atoms with E-state index >= 15 is 0 Å². The second-order valence-electron chi connectivity index (χ2n) is 6.95. The molecule has 0 saturated carbocycles. The lowest BCUT2D eigenvalue weighted by Gasteiger charge is -2.18. The molecular formula is C23H22N2O3. The second-order valence-corrected chi connectivity index (χ2v) is 6.95. The Labute approximate surface area is 164 Å². The van der Waals surface area contributed by atoms with Crippen LogP contribution in [0.15, 0.2) is 77.4 Å². The standard InChI is InChI=1S/C23H22N2O3/c26-21-9-4-14-25(21)16-17-10-12-19(13-11-17)23(27)24-22(20-8-5-15-28-20)18-6-2-1-3-7-18/h1-3,5-8,10-13,15,22H,4,9,14,16H2,(H,24,27). The third-order valence-corrected chi connectivity index (χ3v) is 5.00. The molecule has 3 aromatic rings. The molecule has 2 amide bonds. The molecule has 4 rings (SSSR count). The number of carbonyl (C=O) groups excluding carboxylic acids is 2. The number of nitrogens with one attached hydrogen (secondary N) is 1. The van der Waals surface area contributed by atoms with Crippen LogP contribution >= 0.6 is 0 Å². The van der Waals surface area contributed by atoms with Crippen LogP contribution in [0.5, 0.6) is 0 Å². The number of benzene rings is 2. The van der Waals surface area contributed by atoms with Gasteiger partial charge in [-0.3, -0.25) is 9.59 Å². The zero-order valence-corrected chi connectivity index (χ0v) is 15.5. The maximum absolute atomic E-state index is 12.8. The molecule has 1 N–H and O–H groups in total. The number of furan rings is 1. The van der Waals surface area contributed by atoms with Gasteiger partial charge < -0.3 is 14.6 Å². The average molecular weight is 374 g/mol. The first kappa shape index (κ1) is 18.0. The van der Waals surface area contributed by atoms with E-state index in [0.29, 0.717) is 24.3 Å². The molecule has 1 unspecified atom stereocenters. The maximum atomic E-state index is 12.8. The van der Waals surface area contributed by atoms with E-state index in [0.717, 1.165) is 24.1 Å². The van der Waals surface area contributed by atoms with Gasteiger partial charge in [-0.2, -0.15) is 0 Å². The molecule has 0 radical (unpaired) electrons. The van der Waals surface area contributed by atoms with Gasteiger partial charge in [0.15, 0.2) is 0 Å². The molecule has 142 valence electrons. The lowest BCUT2D eigenvalue weighted by Crippen LogP contribution is -2.29. The van der Waals surface area contributed by atoms with Crippen molar-refractivity contribution in [1.82, 2.24) is 10.2 Å². The van der Waals surface area contributed by atoms with Crippen molar-refractivity contribution in [2.24, 2.45) is 0 Å². The smallest absolute Gasteiger partial charge is 0.252 e. The van der Waals surface area contributed by atoms with Gasteiger partial charge in [-0.15, -0.1) is 0 Å². The Morgan fingerprint density at radius 2 is 1.82 bits per heavy atom. The first-order valence-electron chi connectivity index (χ1n) is 9.46. The van der Waals surface area contributed by atoms with Crippen molar-refractivity contribution in [3.05, 3.63) is 95.4 Å². The third-order valence-electron chi connectivity index (χ3n) is 5.00. The van der Waals surface area contributed by atoms with Crippen molar-refractivity contribution in [3.63, 3.8) is 0 Å². The fraction of sp³-hybridized carbons (Fsp3) is 0.217. The highest BCUT2D eigenvalue weighted by atomic mass is 16.3. The molecule has 1 fully saturated rings. The van der Waals surface area contributed by atoms with Gasteiger partial charge in [0.25, 0.3) is 5.91 Å². The summed E-state index contributed by atoms with van der Waals surface area (Å²) in [5.74, 6) is 0.712. The maximum Gasteiger partial charge on any atom is 0.252 e. The van der Waals surface area contributed by atoms with Crippen molar-refractivity contribution in [2.45, 2.75) is 25.4 Å². The number of rotatable bonds is 6. The highest BCUT2D eigenvalue weighted by molar-refractivity contribution is 5.94.